The van der Waals surface area contributed by atoms with Gasteiger partial charge in [0.2, 0.25) is 0 Å². The summed E-state index contributed by atoms with van der Waals surface area (Å²) in [5.41, 5.74) is 3.01. The second-order valence-corrected chi connectivity index (χ2v) is 5.66. The van der Waals surface area contributed by atoms with Crippen LogP contribution in [-0.2, 0) is 4.74 Å². The Labute approximate surface area is 142 Å². The van der Waals surface area contributed by atoms with E-state index in [1.165, 1.54) is 0 Å². The summed E-state index contributed by atoms with van der Waals surface area (Å²) in [5.74, 6) is 0. The number of hydrogen-bond acceptors (Lipinski definition) is 2. The van der Waals surface area contributed by atoms with E-state index < -0.39 is 0 Å². The second-order valence-electron chi connectivity index (χ2n) is 5.66. The number of hydrogen-bond donors (Lipinski definition) is 0. The SMILES string of the molecule is CCCOC(=O)N1c2ccccc2C=C[C@@H]1/C=C/c1ccccc1. The number of fused-ring (bicyclic) bond motifs is 1. The first kappa shape index (κ1) is 16.1. The molecule has 0 aliphatic carbocycles. The number of ether oxygens (including phenoxy) is 1. The molecule has 1 aliphatic rings. The molecule has 3 heteroatoms. The van der Waals surface area contributed by atoms with Crippen LogP contribution in [0.2, 0.25) is 0 Å². The van der Waals surface area contributed by atoms with Crippen molar-refractivity contribution in [2.24, 2.45) is 0 Å². The summed E-state index contributed by atoms with van der Waals surface area (Å²) in [4.78, 5) is 14.3. The fraction of sp³-hybridized carbons (Fsp3) is 0.190. The fourth-order valence-corrected chi connectivity index (χ4v) is 2.70. The molecule has 2 aromatic carbocycles. The average molecular weight is 319 g/mol. The minimum atomic E-state index is -0.309. The number of rotatable bonds is 4. The molecule has 1 heterocycles. The topological polar surface area (TPSA) is 29.5 Å². The molecule has 0 spiro atoms. The van der Waals surface area contributed by atoms with Crippen LogP contribution < -0.4 is 4.90 Å². The minimum absolute atomic E-state index is 0.163. The summed E-state index contributed by atoms with van der Waals surface area (Å²) in [6.07, 6.45) is 8.63. The quantitative estimate of drug-likeness (QED) is 0.780. The van der Waals surface area contributed by atoms with Gasteiger partial charge in [0.25, 0.3) is 0 Å². The largest absolute Gasteiger partial charge is 0.449 e. The Bertz CT molecular complexity index is 749. The molecule has 1 aliphatic heterocycles. The van der Waals surface area contributed by atoms with Crippen molar-refractivity contribution in [2.75, 3.05) is 11.5 Å². The van der Waals surface area contributed by atoms with Crippen LogP contribution in [0.25, 0.3) is 12.2 Å². The summed E-state index contributed by atoms with van der Waals surface area (Å²) < 4.78 is 5.39. The van der Waals surface area contributed by atoms with Crippen molar-refractivity contribution in [1.82, 2.24) is 0 Å². The van der Waals surface area contributed by atoms with E-state index >= 15 is 0 Å². The van der Waals surface area contributed by atoms with Gasteiger partial charge < -0.3 is 4.74 Å². The van der Waals surface area contributed by atoms with Crippen LogP contribution >= 0.6 is 0 Å². The summed E-state index contributed by atoms with van der Waals surface area (Å²) in [6.45, 7) is 2.42. The molecular weight excluding hydrogens is 298 g/mol. The van der Waals surface area contributed by atoms with Crippen molar-refractivity contribution < 1.29 is 9.53 Å². The monoisotopic (exact) mass is 319 g/mol. The first-order valence-electron chi connectivity index (χ1n) is 8.26. The van der Waals surface area contributed by atoms with Crippen molar-refractivity contribution in [3.05, 3.63) is 77.9 Å². The molecule has 24 heavy (non-hydrogen) atoms. The summed E-state index contributed by atoms with van der Waals surface area (Å²) in [5, 5.41) is 0. The number of carbonyl (C=O) groups is 1. The number of para-hydroxylation sites is 1. The normalized spacial score (nSPS) is 16.2. The molecule has 3 nitrogen and oxygen atoms in total. The number of amides is 1. The van der Waals surface area contributed by atoms with Crippen LogP contribution in [0.15, 0.2) is 66.7 Å². The Balaban J connectivity index is 1.89. The fourth-order valence-electron chi connectivity index (χ4n) is 2.70. The van der Waals surface area contributed by atoms with Gasteiger partial charge in [0.1, 0.15) is 0 Å². The van der Waals surface area contributed by atoms with Crippen molar-refractivity contribution in [1.29, 1.82) is 0 Å². The number of benzene rings is 2. The van der Waals surface area contributed by atoms with Crippen LogP contribution in [0.3, 0.4) is 0 Å². The molecule has 1 amide bonds. The van der Waals surface area contributed by atoms with Gasteiger partial charge in [-0.15, -0.1) is 0 Å². The third-order valence-corrected chi connectivity index (χ3v) is 3.88. The lowest BCUT2D eigenvalue weighted by molar-refractivity contribution is 0.153. The first-order valence-corrected chi connectivity index (χ1v) is 8.26. The molecule has 0 saturated carbocycles. The van der Waals surface area contributed by atoms with E-state index in [1.807, 2.05) is 79.7 Å². The van der Waals surface area contributed by atoms with Gasteiger partial charge in [-0.3, -0.25) is 4.90 Å². The van der Waals surface area contributed by atoms with Crippen LogP contribution in [0, 0.1) is 0 Å². The lowest BCUT2D eigenvalue weighted by Gasteiger charge is -2.31. The molecular formula is C21H21NO2. The van der Waals surface area contributed by atoms with Gasteiger partial charge in [-0.25, -0.2) is 4.79 Å². The van der Waals surface area contributed by atoms with E-state index in [2.05, 4.69) is 6.08 Å². The Hall–Kier alpha value is -2.81. The number of anilines is 1. The maximum atomic E-state index is 12.6. The molecule has 0 N–H and O–H groups in total. The van der Waals surface area contributed by atoms with Gasteiger partial charge in [-0.1, -0.05) is 79.8 Å². The van der Waals surface area contributed by atoms with E-state index in [9.17, 15) is 4.79 Å². The summed E-state index contributed by atoms with van der Waals surface area (Å²) in [7, 11) is 0. The van der Waals surface area contributed by atoms with Crippen molar-refractivity contribution in [3.63, 3.8) is 0 Å². The highest BCUT2D eigenvalue weighted by atomic mass is 16.6. The maximum Gasteiger partial charge on any atom is 0.415 e. The Morgan fingerprint density at radius 3 is 2.67 bits per heavy atom. The van der Waals surface area contributed by atoms with Crippen molar-refractivity contribution in [3.8, 4) is 0 Å². The van der Waals surface area contributed by atoms with Crippen LogP contribution in [-0.4, -0.2) is 18.7 Å². The van der Waals surface area contributed by atoms with E-state index in [0.717, 1.165) is 23.2 Å². The average Bonchev–Trinajstić information content (AvgIpc) is 2.64. The third kappa shape index (κ3) is 3.57. The molecule has 0 aromatic heterocycles. The first-order chi connectivity index (χ1) is 11.8. The molecule has 0 saturated heterocycles. The summed E-state index contributed by atoms with van der Waals surface area (Å²) >= 11 is 0. The van der Waals surface area contributed by atoms with Gasteiger partial charge in [-0.05, 0) is 23.6 Å². The predicted octanol–water partition coefficient (Wildman–Crippen LogP) is 5.15. The van der Waals surface area contributed by atoms with Gasteiger partial charge >= 0.3 is 6.09 Å². The van der Waals surface area contributed by atoms with Crippen LogP contribution in [0.5, 0.6) is 0 Å². The van der Waals surface area contributed by atoms with E-state index in [1.54, 1.807) is 4.90 Å². The van der Waals surface area contributed by atoms with Crippen molar-refractivity contribution in [2.45, 2.75) is 19.4 Å². The smallest absolute Gasteiger partial charge is 0.415 e. The minimum Gasteiger partial charge on any atom is -0.449 e. The molecule has 3 rings (SSSR count). The third-order valence-electron chi connectivity index (χ3n) is 3.88. The number of carbonyl (C=O) groups excluding carboxylic acids is 1. The molecule has 2 aromatic rings. The lowest BCUT2D eigenvalue weighted by Crippen LogP contribution is -2.40. The Morgan fingerprint density at radius 2 is 1.88 bits per heavy atom. The van der Waals surface area contributed by atoms with Gasteiger partial charge in [-0.2, -0.15) is 0 Å². The Morgan fingerprint density at radius 1 is 1.12 bits per heavy atom. The second kappa shape index (κ2) is 7.64. The highest BCUT2D eigenvalue weighted by molar-refractivity contribution is 5.94. The zero-order valence-corrected chi connectivity index (χ0v) is 13.8. The Kier molecular flexibility index (Phi) is 5.12. The van der Waals surface area contributed by atoms with Gasteiger partial charge in [0.15, 0.2) is 0 Å². The highest BCUT2D eigenvalue weighted by Crippen LogP contribution is 2.30. The van der Waals surface area contributed by atoms with Gasteiger partial charge in [0.05, 0.1) is 18.3 Å². The van der Waals surface area contributed by atoms with Crippen molar-refractivity contribution >= 4 is 23.9 Å². The highest BCUT2D eigenvalue weighted by Gasteiger charge is 2.27. The van der Waals surface area contributed by atoms with Gasteiger partial charge in [0, 0.05) is 0 Å². The zero-order valence-electron chi connectivity index (χ0n) is 13.8. The molecule has 122 valence electrons. The molecule has 0 radical (unpaired) electrons. The molecule has 0 unspecified atom stereocenters. The maximum absolute atomic E-state index is 12.6. The summed E-state index contributed by atoms with van der Waals surface area (Å²) in [6, 6.07) is 17.8. The van der Waals surface area contributed by atoms with E-state index in [0.29, 0.717) is 6.61 Å². The molecule has 1 atom stereocenters. The lowest BCUT2D eigenvalue weighted by atomic mass is 10.0. The van der Waals surface area contributed by atoms with E-state index in [-0.39, 0.29) is 12.1 Å². The van der Waals surface area contributed by atoms with Crippen LogP contribution in [0.1, 0.15) is 24.5 Å². The van der Waals surface area contributed by atoms with Crippen LogP contribution in [0.4, 0.5) is 10.5 Å². The molecule has 0 fully saturated rings. The van der Waals surface area contributed by atoms with E-state index in [4.69, 9.17) is 4.74 Å². The predicted molar refractivity (Wildman–Crippen MR) is 98.9 cm³/mol. The zero-order chi connectivity index (χ0) is 16.8. The number of nitrogens with zero attached hydrogens (tertiary/aromatic N) is 1. The molecule has 0 bridgehead atoms. The standard InChI is InChI=1S/C21H21NO2/c1-2-16-24-21(23)22-19(14-12-17-8-4-3-5-9-17)15-13-18-10-6-7-11-20(18)22/h3-15,19H,2,16H2,1H3/b14-12+/t19-/m0/s1.